The standard InChI is InChI=1S/C21H21ClN2O4/c1-27-18-13-16(6-7-17(18)24-10-11-28-20(24)26)23-19(25)21(8-3-9-21)14-4-2-5-15(22)12-14/h2,4-7,12-13H,3,8-11H2,1H3,(H,23,25). The molecule has 1 aliphatic carbocycles. The summed E-state index contributed by atoms with van der Waals surface area (Å²) in [6.07, 6.45) is 2.17. The molecule has 0 radical (unpaired) electrons. The van der Waals surface area contributed by atoms with E-state index < -0.39 is 11.5 Å². The first-order valence-electron chi connectivity index (χ1n) is 9.23. The van der Waals surface area contributed by atoms with E-state index in [0.29, 0.717) is 35.3 Å². The number of cyclic esters (lactones) is 1. The van der Waals surface area contributed by atoms with Gasteiger partial charge in [-0.1, -0.05) is 30.2 Å². The Hall–Kier alpha value is -2.73. The number of amides is 2. The second-order valence-corrected chi connectivity index (χ2v) is 7.49. The lowest BCUT2D eigenvalue weighted by molar-refractivity contribution is -0.124. The summed E-state index contributed by atoms with van der Waals surface area (Å²) in [6, 6.07) is 12.7. The zero-order chi connectivity index (χ0) is 19.7. The van der Waals surface area contributed by atoms with Crippen LogP contribution < -0.4 is 15.0 Å². The first kappa shape index (κ1) is 18.6. The van der Waals surface area contributed by atoms with E-state index >= 15 is 0 Å². The zero-order valence-electron chi connectivity index (χ0n) is 15.5. The Kier molecular flexibility index (Phi) is 4.89. The Bertz CT molecular complexity index is 926. The predicted octanol–water partition coefficient (Wildman–Crippen LogP) is 4.37. The van der Waals surface area contributed by atoms with Crippen molar-refractivity contribution in [3.63, 3.8) is 0 Å². The number of benzene rings is 2. The number of carbonyl (C=O) groups excluding carboxylic acids is 2. The number of methoxy groups -OCH3 is 1. The maximum Gasteiger partial charge on any atom is 0.414 e. The SMILES string of the molecule is COc1cc(NC(=O)C2(c3cccc(Cl)c3)CCC2)ccc1N1CCOC1=O. The van der Waals surface area contributed by atoms with Crippen molar-refractivity contribution in [2.45, 2.75) is 24.7 Å². The smallest absolute Gasteiger partial charge is 0.414 e. The topological polar surface area (TPSA) is 67.9 Å². The minimum absolute atomic E-state index is 0.0589. The fourth-order valence-corrected chi connectivity index (χ4v) is 3.99. The molecule has 6 nitrogen and oxygen atoms in total. The highest BCUT2D eigenvalue weighted by molar-refractivity contribution is 6.30. The van der Waals surface area contributed by atoms with Gasteiger partial charge in [0.25, 0.3) is 0 Å². The number of hydrogen-bond donors (Lipinski definition) is 1. The Morgan fingerprint density at radius 3 is 2.68 bits per heavy atom. The Morgan fingerprint density at radius 2 is 2.07 bits per heavy atom. The van der Waals surface area contributed by atoms with E-state index in [0.717, 1.165) is 24.8 Å². The molecule has 2 aliphatic rings. The second-order valence-electron chi connectivity index (χ2n) is 7.05. The van der Waals surface area contributed by atoms with Gasteiger partial charge in [-0.05, 0) is 42.7 Å². The molecule has 2 aromatic rings. The first-order chi connectivity index (χ1) is 13.5. The molecule has 1 aliphatic heterocycles. The Morgan fingerprint density at radius 1 is 1.25 bits per heavy atom. The minimum atomic E-state index is -0.560. The molecule has 0 bridgehead atoms. The molecule has 2 aromatic carbocycles. The van der Waals surface area contributed by atoms with Crippen molar-refractivity contribution < 1.29 is 19.1 Å². The van der Waals surface area contributed by atoms with Crippen LogP contribution >= 0.6 is 11.6 Å². The average molecular weight is 401 g/mol. The van der Waals surface area contributed by atoms with Crippen LogP contribution in [0.4, 0.5) is 16.2 Å². The summed E-state index contributed by atoms with van der Waals surface area (Å²) in [5, 5.41) is 3.63. The third-order valence-electron chi connectivity index (χ3n) is 5.51. The van der Waals surface area contributed by atoms with Gasteiger partial charge in [-0.15, -0.1) is 0 Å². The van der Waals surface area contributed by atoms with E-state index in [2.05, 4.69) is 5.32 Å². The number of nitrogens with zero attached hydrogens (tertiary/aromatic N) is 1. The van der Waals surface area contributed by atoms with E-state index in [1.165, 1.54) is 12.0 Å². The van der Waals surface area contributed by atoms with Crippen molar-refractivity contribution in [2.75, 3.05) is 30.5 Å². The summed E-state index contributed by atoms with van der Waals surface area (Å²) < 4.78 is 10.4. The molecule has 0 spiro atoms. The van der Waals surface area contributed by atoms with Crippen molar-refractivity contribution in [1.29, 1.82) is 0 Å². The fourth-order valence-electron chi connectivity index (χ4n) is 3.80. The third kappa shape index (κ3) is 3.18. The molecule has 4 rings (SSSR count). The number of hydrogen-bond acceptors (Lipinski definition) is 4. The largest absolute Gasteiger partial charge is 0.494 e. The first-order valence-corrected chi connectivity index (χ1v) is 9.61. The highest BCUT2D eigenvalue weighted by Crippen LogP contribution is 2.45. The summed E-state index contributed by atoms with van der Waals surface area (Å²) in [5.74, 6) is 0.443. The predicted molar refractivity (Wildman–Crippen MR) is 107 cm³/mol. The second kappa shape index (κ2) is 7.36. The van der Waals surface area contributed by atoms with Crippen molar-refractivity contribution in [2.24, 2.45) is 0 Å². The van der Waals surface area contributed by atoms with E-state index in [9.17, 15) is 9.59 Å². The molecule has 28 heavy (non-hydrogen) atoms. The number of ether oxygens (including phenoxy) is 2. The van der Waals surface area contributed by atoms with Crippen LogP contribution in [0.15, 0.2) is 42.5 Å². The normalized spacial score (nSPS) is 17.6. The Balaban J connectivity index is 1.58. The van der Waals surface area contributed by atoms with Gasteiger partial charge in [0.05, 0.1) is 24.8 Å². The van der Waals surface area contributed by atoms with Gasteiger partial charge in [-0.25, -0.2) is 4.79 Å². The van der Waals surface area contributed by atoms with Crippen LogP contribution in [-0.4, -0.2) is 32.3 Å². The van der Waals surface area contributed by atoms with Gasteiger partial charge in [0.1, 0.15) is 12.4 Å². The highest BCUT2D eigenvalue weighted by atomic mass is 35.5. The van der Waals surface area contributed by atoms with Crippen molar-refractivity contribution in [3.8, 4) is 5.75 Å². The van der Waals surface area contributed by atoms with Gasteiger partial charge < -0.3 is 14.8 Å². The molecule has 1 saturated heterocycles. The van der Waals surface area contributed by atoms with E-state index in [1.807, 2.05) is 24.3 Å². The van der Waals surface area contributed by atoms with Gasteiger partial charge in [0, 0.05) is 16.8 Å². The third-order valence-corrected chi connectivity index (χ3v) is 5.74. The minimum Gasteiger partial charge on any atom is -0.494 e. The molecular formula is C21H21ClN2O4. The van der Waals surface area contributed by atoms with Crippen molar-refractivity contribution in [1.82, 2.24) is 0 Å². The van der Waals surface area contributed by atoms with Crippen molar-refractivity contribution >= 4 is 35.0 Å². The van der Waals surface area contributed by atoms with Crippen LogP contribution in [0.3, 0.4) is 0 Å². The molecule has 1 saturated carbocycles. The van der Waals surface area contributed by atoms with Crippen LogP contribution in [0.2, 0.25) is 5.02 Å². The molecule has 2 amide bonds. The highest BCUT2D eigenvalue weighted by Gasteiger charge is 2.45. The molecule has 0 aromatic heterocycles. The molecule has 1 heterocycles. The lowest BCUT2D eigenvalue weighted by Crippen LogP contribution is -2.46. The van der Waals surface area contributed by atoms with Crippen LogP contribution in [0.5, 0.6) is 5.75 Å². The maximum atomic E-state index is 13.1. The van der Waals surface area contributed by atoms with Crippen molar-refractivity contribution in [3.05, 3.63) is 53.1 Å². The van der Waals surface area contributed by atoms with Gasteiger partial charge in [0.15, 0.2) is 0 Å². The average Bonchev–Trinajstić information content (AvgIpc) is 3.06. The summed E-state index contributed by atoms with van der Waals surface area (Å²) in [6.45, 7) is 0.821. The maximum absolute atomic E-state index is 13.1. The lowest BCUT2D eigenvalue weighted by Gasteiger charge is -2.40. The molecular weight excluding hydrogens is 380 g/mol. The van der Waals surface area contributed by atoms with Gasteiger partial charge in [-0.3, -0.25) is 9.69 Å². The zero-order valence-corrected chi connectivity index (χ0v) is 16.3. The van der Waals surface area contributed by atoms with E-state index in [1.54, 1.807) is 18.2 Å². The lowest BCUT2D eigenvalue weighted by atomic mass is 9.64. The fraction of sp³-hybridized carbons (Fsp3) is 0.333. The molecule has 0 unspecified atom stereocenters. The molecule has 7 heteroatoms. The number of anilines is 2. The van der Waals surface area contributed by atoms with E-state index in [-0.39, 0.29) is 5.91 Å². The van der Waals surface area contributed by atoms with Gasteiger partial charge >= 0.3 is 6.09 Å². The number of halogens is 1. The van der Waals surface area contributed by atoms with Crippen LogP contribution in [0, 0.1) is 0 Å². The molecule has 146 valence electrons. The molecule has 0 atom stereocenters. The molecule has 2 fully saturated rings. The summed E-state index contributed by atoms with van der Waals surface area (Å²) in [4.78, 5) is 26.5. The van der Waals surface area contributed by atoms with Gasteiger partial charge in [-0.2, -0.15) is 0 Å². The summed E-state index contributed by atoms with van der Waals surface area (Å²) in [7, 11) is 1.53. The summed E-state index contributed by atoms with van der Waals surface area (Å²) in [5.41, 5.74) is 1.62. The molecule has 1 N–H and O–H groups in total. The van der Waals surface area contributed by atoms with Crippen LogP contribution in [0.25, 0.3) is 0 Å². The monoisotopic (exact) mass is 400 g/mol. The van der Waals surface area contributed by atoms with Crippen LogP contribution in [-0.2, 0) is 14.9 Å². The number of rotatable bonds is 5. The number of nitrogens with one attached hydrogen (secondary N) is 1. The number of carbonyl (C=O) groups is 2. The Labute approximate surface area is 168 Å². The quantitative estimate of drug-likeness (QED) is 0.809. The summed E-state index contributed by atoms with van der Waals surface area (Å²) >= 11 is 6.14. The van der Waals surface area contributed by atoms with Crippen LogP contribution in [0.1, 0.15) is 24.8 Å². The van der Waals surface area contributed by atoms with E-state index in [4.69, 9.17) is 21.1 Å². The van der Waals surface area contributed by atoms with Gasteiger partial charge in [0.2, 0.25) is 5.91 Å².